The van der Waals surface area contributed by atoms with E-state index >= 15 is 0 Å². The van der Waals surface area contributed by atoms with Crippen LogP contribution in [0.15, 0.2) is 90.2 Å². The number of ether oxygens (including phenoxy) is 3. The molecule has 0 spiro atoms. The van der Waals surface area contributed by atoms with Crippen molar-refractivity contribution >= 4 is 23.7 Å². The van der Waals surface area contributed by atoms with Crippen molar-refractivity contribution in [3.8, 4) is 0 Å². The van der Waals surface area contributed by atoms with Gasteiger partial charge in [0.25, 0.3) is 0 Å². The van der Waals surface area contributed by atoms with Crippen LogP contribution in [0.3, 0.4) is 0 Å². The number of aryl methyl sites for hydroxylation is 2. The van der Waals surface area contributed by atoms with Crippen molar-refractivity contribution in [1.29, 1.82) is 0 Å². The van der Waals surface area contributed by atoms with E-state index in [4.69, 9.17) is 14.2 Å². The molecule has 0 bridgehead atoms. The minimum absolute atomic E-state index is 0.256. The van der Waals surface area contributed by atoms with E-state index < -0.39 is 17.9 Å². The molecule has 1 unspecified atom stereocenters. The first kappa shape index (κ1) is 26.7. The third kappa shape index (κ3) is 5.65. The summed E-state index contributed by atoms with van der Waals surface area (Å²) < 4.78 is 15.6. The summed E-state index contributed by atoms with van der Waals surface area (Å²) in [4.78, 5) is 27.4. The molecule has 38 heavy (non-hydrogen) atoms. The van der Waals surface area contributed by atoms with Crippen LogP contribution in [0.5, 0.6) is 0 Å². The van der Waals surface area contributed by atoms with Crippen molar-refractivity contribution < 1.29 is 23.8 Å². The van der Waals surface area contributed by atoms with Gasteiger partial charge in [0.05, 0.1) is 27.4 Å². The van der Waals surface area contributed by atoms with Crippen LogP contribution in [0.25, 0.3) is 6.08 Å². The van der Waals surface area contributed by atoms with Crippen molar-refractivity contribution in [2.75, 3.05) is 26.2 Å². The minimum Gasteiger partial charge on any atom is -0.497 e. The van der Waals surface area contributed by atoms with Crippen molar-refractivity contribution in [2.24, 2.45) is 5.92 Å². The lowest BCUT2D eigenvalue weighted by molar-refractivity contribution is -0.156. The second-order valence-corrected chi connectivity index (χ2v) is 9.34. The Balaban J connectivity index is 1.92. The summed E-state index contributed by atoms with van der Waals surface area (Å²) in [5.74, 6) is -2.29. The fourth-order valence-electron chi connectivity index (χ4n) is 4.73. The number of carbonyl (C=O) groups excluding carboxylic acids is 2. The maximum absolute atomic E-state index is 12.5. The number of anilines is 1. The molecule has 196 valence electrons. The van der Waals surface area contributed by atoms with Crippen molar-refractivity contribution in [3.63, 3.8) is 0 Å². The SMILES string of the molecule is COC(=O)C(/C=C(\OC)C1=Cc2ccccc2N(Cc2ccc(C)cc2)C1c1ccc(C)cc1)C(=O)OC. The summed E-state index contributed by atoms with van der Waals surface area (Å²) in [5.41, 5.74) is 7.47. The summed E-state index contributed by atoms with van der Waals surface area (Å²) in [7, 11) is 4.02. The topological polar surface area (TPSA) is 65.1 Å². The predicted molar refractivity (Wildman–Crippen MR) is 148 cm³/mol. The summed E-state index contributed by atoms with van der Waals surface area (Å²) in [5, 5.41) is 0. The zero-order chi connectivity index (χ0) is 27.2. The number of hydrogen-bond donors (Lipinski definition) is 0. The van der Waals surface area contributed by atoms with Gasteiger partial charge in [-0.3, -0.25) is 9.59 Å². The molecule has 0 N–H and O–H groups in total. The fraction of sp³-hybridized carbons (Fsp3) is 0.250. The molecule has 0 aromatic heterocycles. The number of hydrogen-bond acceptors (Lipinski definition) is 6. The van der Waals surface area contributed by atoms with Gasteiger partial charge in [0.1, 0.15) is 5.76 Å². The van der Waals surface area contributed by atoms with Crippen LogP contribution >= 0.6 is 0 Å². The van der Waals surface area contributed by atoms with Crippen LogP contribution in [0.1, 0.15) is 33.9 Å². The maximum atomic E-state index is 12.5. The van der Waals surface area contributed by atoms with Gasteiger partial charge in [-0.1, -0.05) is 77.9 Å². The number of esters is 2. The van der Waals surface area contributed by atoms with Gasteiger partial charge in [0, 0.05) is 17.8 Å². The van der Waals surface area contributed by atoms with E-state index in [9.17, 15) is 9.59 Å². The molecule has 6 heteroatoms. The number of para-hydroxylation sites is 1. The van der Waals surface area contributed by atoms with Crippen molar-refractivity contribution in [2.45, 2.75) is 26.4 Å². The third-order valence-corrected chi connectivity index (χ3v) is 6.76. The van der Waals surface area contributed by atoms with E-state index in [0.717, 1.165) is 33.5 Å². The zero-order valence-corrected chi connectivity index (χ0v) is 22.4. The van der Waals surface area contributed by atoms with Gasteiger partial charge >= 0.3 is 11.9 Å². The smallest absolute Gasteiger partial charge is 0.324 e. The molecule has 0 aliphatic carbocycles. The first-order valence-electron chi connectivity index (χ1n) is 12.5. The monoisotopic (exact) mass is 511 g/mol. The summed E-state index contributed by atoms with van der Waals surface area (Å²) in [6, 6.07) is 24.8. The van der Waals surface area contributed by atoms with Gasteiger partial charge in [-0.15, -0.1) is 0 Å². The standard InChI is InChI=1S/C32H33NO5/c1-21-10-14-23(15-11-21)20-33-28-9-7-6-8-25(28)18-26(30(33)24-16-12-22(2)13-17-24)29(36-3)19-27(31(34)37-4)32(35)38-5/h6-19,27,30H,20H2,1-5H3/b29-19-. The van der Waals surface area contributed by atoms with E-state index in [1.54, 1.807) is 0 Å². The van der Waals surface area contributed by atoms with Gasteiger partial charge in [-0.2, -0.15) is 0 Å². The molecule has 3 aromatic carbocycles. The number of fused-ring (bicyclic) bond motifs is 1. The molecule has 4 rings (SSSR count). The van der Waals surface area contributed by atoms with E-state index in [-0.39, 0.29) is 6.04 Å². The quantitative estimate of drug-likeness (QED) is 0.212. The molecule has 3 aromatic rings. The Kier molecular flexibility index (Phi) is 8.31. The van der Waals surface area contributed by atoms with Crippen LogP contribution in [-0.4, -0.2) is 33.3 Å². The highest BCUT2D eigenvalue weighted by Gasteiger charge is 2.35. The van der Waals surface area contributed by atoms with Crippen LogP contribution < -0.4 is 4.90 Å². The molecule has 0 saturated carbocycles. The van der Waals surface area contributed by atoms with Gasteiger partial charge in [-0.25, -0.2) is 0 Å². The molecular weight excluding hydrogens is 478 g/mol. The first-order valence-corrected chi connectivity index (χ1v) is 12.5. The van der Waals surface area contributed by atoms with Gasteiger partial charge in [0.2, 0.25) is 0 Å². The maximum Gasteiger partial charge on any atom is 0.324 e. The van der Waals surface area contributed by atoms with Crippen molar-refractivity contribution in [3.05, 3.63) is 118 Å². The lowest BCUT2D eigenvalue weighted by atomic mass is 9.87. The van der Waals surface area contributed by atoms with Gasteiger partial charge in [0.15, 0.2) is 5.92 Å². The lowest BCUT2D eigenvalue weighted by Gasteiger charge is -2.40. The average molecular weight is 512 g/mol. The minimum atomic E-state index is -1.26. The van der Waals surface area contributed by atoms with Gasteiger partial charge < -0.3 is 19.1 Å². The van der Waals surface area contributed by atoms with Crippen LogP contribution in [0.4, 0.5) is 5.69 Å². The Morgan fingerprint density at radius 2 is 1.39 bits per heavy atom. The largest absolute Gasteiger partial charge is 0.497 e. The molecular formula is C32H33NO5. The highest BCUT2D eigenvalue weighted by Crippen LogP contribution is 2.44. The highest BCUT2D eigenvalue weighted by atomic mass is 16.5. The summed E-state index contributed by atoms with van der Waals surface area (Å²) in [6.45, 7) is 4.77. The number of benzene rings is 3. The lowest BCUT2D eigenvalue weighted by Crippen LogP contribution is -2.33. The summed E-state index contributed by atoms with van der Waals surface area (Å²) in [6.07, 6.45) is 3.55. The molecule has 1 aliphatic heterocycles. The fourth-order valence-corrected chi connectivity index (χ4v) is 4.73. The number of nitrogens with zero attached hydrogens (tertiary/aromatic N) is 1. The van der Waals surface area contributed by atoms with E-state index in [2.05, 4.69) is 79.4 Å². The highest BCUT2D eigenvalue weighted by molar-refractivity contribution is 5.97. The number of methoxy groups -OCH3 is 3. The molecule has 0 saturated heterocycles. The Morgan fingerprint density at radius 1 is 0.816 bits per heavy atom. The molecule has 1 aliphatic rings. The molecule has 1 heterocycles. The first-order chi connectivity index (χ1) is 18.4. The number of rotatable bonds is 8. The Hall–Kier alpha value is -4.32. The molecule has 0 amide bonds. The molecule has 1 atom stereocenters. The van der Waals surface area contributed by atoms with E-state index in [1.807, 2.05) is 18.2 Å². The van der Waals surface area contributed by atoms with Crippen LogP contribution in [-0.2, 0) is 30.3 Å². The molecule has 0 fully saturated rings. The Bertz CT molecular complexity index is 1340. The third-order valence-electron chi connectivity index (χ3n) is 6.76. The molecule has 0 radical (unpaired) electrons. The summed E-state index contributed by atoms with van der Waals surface area (Å²) >= 11 is 0. The Labute approximate surface area is 224 Å². The number of carbonyl (C=O) groups is 2. The van der Waals surface area contributed by atoms with Crippen LogP contribution in [0.2, 0.25) is 0 Å². The normalized spacial score (nSPS) is 15.0. The second-order valence-electron chi connectivity index (χ2n) is 9.34. The van der Waals surface area contributed by atoms with E-state index in [1.165, 1.54) is 33.0 Å². The Morgan fingerprint density at radius 3 is 1.97 bits per heavy atom. The predicted octanol–water partition coefficient (Wildman–Crippen LogP) is 5.94. The van der Waals surface area contributed by atoms with Gasteiger partial charge in [-0.05, 0) is 48.8 Å². The van der Waals surface area contributed by atoms with E-state index in [0.29, 0.717) is 12.3 Å². The molecule has 6 nitrogen and oxygen atoms in total. The van der Waals surface area contributed by atoms with Crippen LogP contribution in [0, 0.1) is 19.8 Å². The average Bonchev–Trinajstić information content (AvgIpc) is 2.94. The van der Waals surface area contributed by atoms with Crippen molar-refractivity contribution in [1.82, 2.24) is 0 Å². The zero-order valence-electron chi connectivity index (χ0n) is 22.4. The second kappa shape index (κ2) is 11.8.